The van der Waals surface area contributed by atoms with Crippen LogP contribution in [0.15, 0.2) is 149 Å². The predicted molar refractivity (Wildman–Crippen MR) is 185 cm³/mol. The van der Waals surface area contributed by atoms with Gasteiger partial charge < -0.3 is 24.7 Å². The molecule has 5 aromatic carbocycles. The van der Waals surface area contributed by atoms with Crippen molar-refractivity contribution in [3.8, 4) is 22.6 Å². The number of aliphatic hydroxyl groups is 1. The molecule has 7 heteroatoms. The van der Waals surface area contributed by atoms with Gasteiger partial charge >= 0.3 is 0 Å². The summed E-state index contributed by atoms with van der Waals surface area (Å²) in [5.74, 6) is 1.20. The molecule has 1 aromatic heterocycles. The second-order valence-corrected chi connectivity index (χ2v) is 12.5. The van der Waals surface area contributed by atoms with Crippen LogP contribution in [-0.4, -0.2) is 21.9 Å². The Hall–Kier alpha value is -4.50. The highest BCUT2D eigenvalue weighted by Gasteiger charge is 2.42. The molecule has 0 bridgehead atoms. The average molecular weight is 641 g/mol. The van der Waals surface area contributed by atoms with Crippen LogP contribution in [-0.2, 0) is 22.6 Å². The second kappa shape index (κ2) is 14.5. The Bertz CT molecular complexity index is 1810. The van der Waals surface area contributed by atoms with Crippen LogP contribution in [0.1, 0.15) is 46.1 Å². The van der Waals surface area contributed by atoms with Gasteiger partial charge in [0, 0.05) is 34.9 Å². The lowest BCUT2D eigenvalue weighted by molar-refractivity contribution is -0.255. The molecule has 47 heavy (non-hydrogen) atoms. The van der Waals surface area contributed by atoms with Crippen LogP contribution in [0, 0.1) is 0 Å². The highest BCUT2D eigenvalue weighted by atomic mass is 32.2. The number of hydrogen-bond acceptors (Lipinski definition) is 7. The fourth-order valence-electron chi connectivity index (χ4n) is 6.06. The Kier molecular flexibility index (Phi) is 9.60. The first-order valence-corrected chi connectivity index (χ1v) is 16.8. The molecule has 6 aromatic rings. The zero-order valence-electron chi connectivity index (χ0n) is 25.8. The van der Waals surface area contributed by atoms with Crippen LogP contribution in [0.3, 0.4) is 0 Å². The number of aliphatic hydroxyl groups excluding tert-OH is 1. The first kappa shape index (κ1) is 31.1. The summed E-state index contributed by atoms with van der Waals surface area (Å²) in [6, 6.07) is 46.7. The summed E-state index contributed by atoms with van der Waals surface area (Å²) in [5, 5.41) is 10.3. The lowest BCUT2D eigenvalue weighted by Crippen LogP contribution is -2.38. The first-order valence-electron chi connectivity index (χ1n) is 15.8. The van der Waals surface area contributed by atoms with Gasteiger partial charge in [-0.25, -0.2) is 4.98 Å². The number of nitrogens with two attached hydrogens (primary N) is 1. The van der Waals surface area contributed by atoms with E-state index in [9.17, 15) is 5.11 Å². The Morgan fingerprint density at radius 3 is 1.87 bits per heavy atom. The standard InChI is InChI=1S/C40H36N2O4S/c41-24-27-16-22-33(23-17-27)39-44-34(35(29-10-4-1-5-11-29)37(45-39)32-20-18-28(25-43)19-21-32)26-47-40-42-36(30-12-6-2-7-13-30)38(46-40)31-14-8-3-9-15-31/h1-23,34-35,37,39,43H,24-26,41H2/t34-,35+,37+,39-/m1/s1. The van der Waals surface area contributed by atoms with Gasteiger partial charge in [0.25, 0.3) is 5.22 Å². The summed E-state index contributed by atoms with van der Waals surface area (Å²) >= 11 is 1.55. The van der Waals surface area contributed by atoms with Crippen molar-refractivity contribution in [2.75, 3.05) is 5.75 Å². The average Bonchev–Trinajstić information content (AvgIpc) is 3.59. The van der Waals surface area contributed by atoms with Gasteiger partial charge in [0.2, 0.25) is 0 Å². The van der Waals surface area contributed by atoms with E-state index in [-0.39, 0.29) is 24.7 Å². The minimum atomic E-state index is -0.598. The second-order valence-electron chi connectivity index (χ2n) is 11.5. The third-order valence-corrected chi connectivity index (χ3v) is 9.44. The van der Waals surface area contributed by atoms with Crippen molar-refractivity contribution in [2.24, 2.45) is 5.73 Å². The summed E-state index contributed by atoms with van der Waals surface area (Å²) in [7, 11) is 0. The number of thioether (sulfide) groups is 1. The molecule has 236 valence electrons. The smallest absolute Gasteiger partial charge is 0.256 e. The van der Waals surface area contributed by atoms with Crippen LogP contribution in [0.5, 0.6) is 0 Å². The monoisotopic (exact) mass is 640 g/mol. The van der Waals surface area contributed by atoms with E-state index in [1.165, 1.54) is 0 Å². The number of ether oxygens (including phenoxy) is 2. The van der Waals surface area contributed by atoms with E-state index in [0.717, 1.165) is 50.4 Å². The van der Waals surface area contributed by atoms with Gasteiger partial charge in [0.15, 0.2) is 12.1 Å². The Labute approximate surface area is 279 Å². The predicted octanol–water partition coefficient (Wildman–Crippen LogP) is 8.69. The van der Waals surface area contributed by atoms with Gasteiger partial charge in [-0.2, -0.15) is 0 Å². The molecule has 0 spiro atoms. The molecule has 1 aliphatic rings. The van der Waals surface area contributed by atoms with Gasteiger partial charge in [-0.1, -0.05) is 151 Å². The number of aromatic nitrogens is 1. The summed E-state index contributed by atoms with van der Waals surface area (Å²) in [6.07, 6.45) is -1.17. The van der Waals surface area contributed by atoms with Gasteiger partial charge in [0.1, 0.15) is 5.69 Å². The number of benzene rings is 5. The molecule has 0 radical (unpaired) electrons. The maximum Gasteiger partial charge on any atom is 0.256 e. The number of oxazole rings is 1. The molecule has 4 atom stereocenters. The molecule has 0 unspecified atom stereocenters. The molecule has 1 saturated heterocycles. The third-order valence-electron chi connectivity index (χ3n) is 8.52. The van der Waals surface area contributed by atoms with E-state index >= 15 is 0 Å². The molecule has 1 fully saturated rings. The first-order chi connectivity index (χ1) is 23.2. The number of rotatable bonds is 10. The Morgan fingerprint density at radius 1 is 0.638 bits per heavy atom. The van der Waals surface area contributed by atoms with Crippen LogP contribution < -0.4 is 5.73 Å². The molecular formula is C40H36N2O4S. The molecule has 0 aliphatic carbocycles. The fourth-order valence-corrected chi connectivity index (χ4v) is 6.95. The van der Waals surface area contributed by atoms with Crippen molar-refractivity contribution < 1.29 is 19.0 Å². The van der Waals surface area contributed by atoms with Gasteiger partial charge in [-0.05, 0) is 22.3 Å². The summed E-state index contributed by atoms with van der Waals surface area (Å²) in [5.41, 5.74) is 13.6. The van der Waals surface area contributed by atoms with Crippen LogP contribution in [0.25, 0.3) is 22.6 Å². The summed E-state index contributed by atoms with van der Waals surface area (Å²) in [6.45, 7) is 0.451. The minimum Gasteiger partial charge on any atom is -0.431 e. The topological polar surface area (TPSA) is 90.7 Å². The minimum absolute atomic E-state index is 0.0154. The normalized spacial score (nSPS) is 19.4. The highest BCUT2D eigenvalue weighted by molar-refractivity contribution is 7.99. The van der Waals surface area contributed by atoms with E-state index in [2.05, 4.69) is 36.4 Å². The molecule has 1 aliphatic heterocycles. The Morgan fingerprint density at radius 2 is 1.23 bits per heavy atom. The quantitative estimate of drug-likeness (QED) is 0.145. The maximum absolute atomic E-state index is 9.71. The van der Waals surface area contributed by atoms with E-state index in [0.29, 0.717) is 17.5 Å². The fraction of sp³-hybridized carbons (Fsp3) is 0.175. The van der Waals surface area contributed by atoms with Crippen molar-refractivity contribution in [3.63, 3.8) is 0 Å². The SMILES string of the molecule is NCc1ccc([C@@H]2O[C@H](CSc3nc(-c4ccccc4)c(-c4ccccc4)o3)[C@H](c3ccccc3)[C@H](c3ccc(CO)cc3)O2)cc1. The van der Waals surface area contributed by atoms with Gasteiger partial charge in [-0.3, -0.25) is 0 Å². The van der Waals surface area contributed by atoms with Crippen molar-refractivity contribution in [3.05, 3.63) is 167 Å². The zero-order valence-corrected chi connectivity index (χ0v) is 26.6. The van der Waals surface area contributed by atoms with Crippen molar-refractivity contribution in [1.29, 1.82) is 0 Å². The van der Waals surface area contributed by atoms with E-state index < -0.39 is 6.29 Å². The molecule has 0 amide bonds. The van der Waals surface area contributed by atoms with Crippen LogP contribution >= 0.6 is 11.8 Å². The molecule has 7 rings (SSSR count). The highest BCUT2D eigenvalue weighted by Crippen LogP contribution is 2.48. The maximum atomic E-state index is 9.71. The molecule has 2 heterocycles. The lowest BCUT2D eigenvalue weighted by atomic mass is 9.84. The molecule has 0 saturated carbocycles. The molecule has 6 nitrogen and oxygen atoms in total. The van der Waals surface area contributed by atoms with Crippen LogP contribution in [0.4, 0.5) is 0 Å². The zero-order chi connectivity index (χ0) is 32.0. The van der Waals surface area contributed by atoms with Crippen molar-refractivity contribution >= 4 is 11.8 Å². The summed E-state index contributed by atoms with van der Waals surface area (Å²) < 4.78 is 20.2. The van der Waals surface area contributed by atoms with Crippen molar-refractivity contribution in [1.82, 2.24) is 4.98 Å². The van der Waals surface area contributed by atoms with E-state index in [1.54, 1.807) is 11.8 Å². The van der Waals surface area contributed by atoms with Crippen molar-refractivity contribution in [2.45, 2.75) is 42.8 Å². The molecule has 3 N–H and O–H groups in total. The van der Waals surface area contributed by atoms with E-state index in [1.807, 2.05) is 103 Å². The largest absolute Gasteiger partial charge is 0.431 e. The van der Waals surface area contributed by atoms with Gasteiger partial charge in [-0.15, -0.1) is 0 Å². The lowest BCUT2D eigenvalue weighted by Gasteiger charge is -2.43. The van der Waals surface area contributed by atoms with E-state index in [4.69, 9.17) is 24.6 Å². The Balaban J connectivity index is 1.26. The van der Waals surface area contributed by atoms with Crippen LogP contribution in [0.2, 0.25) is 0 Å². The number of nitrogens with zero attached hydrogens (tertiary/aromatic N) is 1. The molecular weight excluding hydrogens is 605 g/mol. The summed E-state index contributed by atoms with van der Waals surface area (Å²) in [4.78, 5) is 5.01. The number of hydrogen-bond donors (Lipinski definition) is 2. The van der Waals surface area contributed by atoms with Gasteiger partial charge in [0.05, 0.1) is 18.8 Å². The third kappa shape index (κ3) is 6.95.